The standard InChI is InChI=1S/C11H10F3NO/c1-2-3-8-15-9-4-6-10(7-5-9)16-11(12,13)14/h4-7,15H,8H2,1H3. The van der Waals surface area contributed by atoms with Gasteiger partial charge in [0.2, 0.25) is 0 Å². The second-order valence-corrected chi connectivity index (χ2v) is 2.85. The van der Waals surface area contributed by atoms with Gasteiger partial charge < -0.3 is 10.1 Å². The molecule has 0 bridgehead atoms. The van der Waals surface area contributed by atoms with E-state index in [1.807, 2.05) is 0 Å². The summed E-state index contributed by atoms with van der Waals surface area (Å²) in [5.74, 6) is 5.24. The Morgan fingerprint density at radius 2 is 1.88 bits per heavy atom. The molecule has 0 aromatic heterocycles. The van der Waals surface area contributed by atoms with E-state index >= 15 is 0 Å². The van der Waals surface area contributed by atoms with Crippen LogP contribution < -0.4 is 10.1 Å². The third-order valence-corrected chi connectivity index (χ3v) is 1.65. The number of hydrogen-bond donors (Lipinski definition) is 1. The second-order valence-electron chi connectivity index (χ2n) is 2.85. The van der Waals surface area contributed by atoms with Gasteiger partial charge in [-0.05, 0) is 31.2 Å². The predicted molar refractivity (Wildman–Crippen MR) is 55.1 cm³/mol. The monoisotopic (exact) mass is 229 g/mol. The van der Waals surface area contributed by atoms with Crippen molar-refractivity contribution in [1.82, 2.24) is 0 Å². The molecule has 0 saturated carbocycles. The minimum atomic E-state index is -4.65. The molecule has 0 spiro atoms. The van der Waals surface area contributed by atoms with Crippen LogP contribution in [0.3, 0.4) is 0 Å². The Labute approximate surface area is 91.4 Å². The van der Waals surface area contributed by atoms with Crippen LogP contribution in [0.25, 0.3) is 0 Å². The fourth-order valence-electron chi connectivity index (χ4n) is 1.01. The highest BCUT2D eigenvalue weighted by molar-refractivity contribution is 5.47. The molecule has 5 heteroatoms. The summed E-state index contributed by atoms with van der Waals surface area (Å²) in [6.45, 7) is 2.16. The normalized spacial score (nSPS) is 10.2. The van der Waals surface area contributed by atoms with Gasteiger partial charge in [0.1, 0.15) is 5.75 Å². The highest BCUT2D eigenvalue weighted by atomic mass is 19.4. The van der Waals surface area contributed by atoms with Gasteiger partial charge in [0.05, 0.1) is 6.54 Å². The topological polar surface area (TPSA) is 21.3 Å². The highest BCUT2D eigenvalue weighted by Gasteiger charge is 2.30. The van der Waals surface area contributed by atoms with Crippen LogP contribution in [0.1, 0.15) is 6.92 Å². The summed E-state index contributed by atoms with van der Waals surface area (Å²) in [7, 11) is 0. The van der Waals surface area contributed by atoms with E-state index in [4.69, 9.17) is 0 Å². The molecule has 1 aromatic carbocycles. The van der Waals surface area contributed by atoms with Gasteiger partial charge in [0.15, 0.2) is 0 Å². The molecule has 0 heterocycles. The molecule has 16 heavy (non-hydrogen) atoms. The average molecular weight is 229 g/mol. The molecule has 0 aliphatic carbocycles. The molecule has 2 nitrogen and oxygen atoms in total. The lowest BCUT2D eigenvalue weighted by molar-refractivity contribution is -0.274. The Hall–Kier alpha value is -1.83. The molecule has 0 radical (unpaired) electrons. The Morgan fingerprint density at radius 1 is 1.25 bits per heavy atom. The van der Waals surface area contributed by atoms with E-state index < -0.39 is 6.36 Å². The maximum absolute atomic E-state index is 11.8. The van der Waals surface area contributed by atoms with Crippen molar-refractivity contribution in [3.05, 3.63) is 24.3 Å². The van der Waals surface area contributed by atoms with Gasteiger partial charge >= 0.3 is 6.36 Å². The van der Waals surface area contributed by atoms with Crippen molar-refractivity contribution in [3.8, 4) is 17.6 Å². The van der Waals surface area contributed by atoms with Crippen LogP contribution in [0.15, 0.2) is 24.3 Å². The van der Waals surface area contributed by atoms with E-state index in [0.29, 0.717) is 12.2 Å². The molecule has 0 unspecified atom stereocenters. The molecule has 86 valence electrons. The summed E-state index contributed by atoms with van der Waals surface area (Å²) in [6, 6.07) is 5.49. The van der Waals surface area contributed by atoms with Gasteiger partial charge in [0, 0.05) is 5.69 Å². The van der Waals surface area contributed by atoms with Crippen LogP contribution in [0.2, 0.25) is 0 Å². The number of benzene rings is 1. The van der Waals surface area contributed by atoms with Crippen molar-refractivity contribution in [2.75, 3.05) is 11.9 Å². The fourth-order valence-corrected chi connectivity index (χ4v) is 1.01. The molecule has 1 N–H and O–H groups in total. The average Bonchev–Trinajstić information content (AvgIpc) is 2.19. The van der Waals surface area contributed by atoms with E-state index in [9.17, 15) is 13.2 Å². The Morgan fingerprint density at radius 3 is 2.38 bits per heavy atom. The number of nitrogens with one attached hydrogen (secondary N) is 1. The molecular weight excluding hydrogens is 219 g/mol. The third-order valence-electron chi connectivity index (χ3n) is 1.65. The number of rotatable bonds is 3. The summed E-state index contributed by atoms with van der Waals surface area (Å²) in [4.78, 5) is 0. The number of alkyl halides is 3. The van der Waals surface area contributed by atoms with Crippen molar-refractivity contribution in [1.29, 1.82) is 0 Å². The maximum atomic E-state index is 11.8. The Balaban J connectivity index is 2.56. The molecule has 0 aliphatic heterocycles. The van der Waals surface area contributed by atoms with Crippen LogP contribution >= 0.6 is 0 Å². The summed E-state index contributed by atoms with van der Waals surface area (Å²) >= 11 is 0. The lowest BCUT2D eigenvalue weighted by atomic mass is 10.3. The minimum absolute atomic E-state index is 0.236. The van der Waals surface area contributed by atoms with Gasteiger partial charge in [-0.25, -0.2) is 0 Å². The van der Waals surface area contributed by atoms with E-state index in [1.165, 1.54) is 24.3 Å². The smallest absolute Gasteiger partial charge is 0.406 e. The lowest BCUT2D eigenvalue weighted by Crippen LogP contribution is -2.17. The van der Waals surface area contributed by atoms with Gasteiger partial charge in [-0.3, -0.25) is 0 Å². The number of ether oxygens (including phenoxy) is 1. The van der Waals surface area contributed by atoms with Crippen molar-refractivity contribution in [2.45, 2.75) is 13.3 Å². The number of anilines is 1. The van der Waals surface area contributed by atoms with Gasteiger partial charge in [0.25, 0.3) is 0 Å². The number of halogens is 3. The van der Waals surface area contributed by atoms with E-state index in [1.54, 1.807) is 6.92 Å². The van der Waals surface area contributed by atoms with E-state index in [2.05, 4.69) is 21.9 Å². The first kappa shape index (κ1) is 12.2. The van der Waals surface area contributed by atoms with Crippen molar-refractivity contribution in [3.63, 3.8) is 0 Å². The zero-order chi connectivity index (χ0) is 12.0. The molecule has 0 aliphatic rings. The Kier molecular flexibility index (Phi) is 4.06. The summed E-state index contributed by atoms with van der Waals surface area (Å²) in [5, 5.41) is 2.93. The zero-order valence-corrected chi connectivity index (χ0v) is 8.56. The first-order chi connectivity index (χ1) is 7.51. The molecule has 0 atom stereocenters. The van der Waals surface area contributed by atoms with Crippen molar-refractivity contribution < 1.29 is 17.9 Å². The molecule has 0 amide bonds. The van der Waals surface area contributed by atoms with Crippen LogP contribution in [0.5, 0.6) is 5.75 Å². The molecule has 0 saturated heterocycles. The lowest BCUT2D eigenvalue weighted by Gasteiger charge is -2.09. The summed E-state index contributed by atoms with van der Waals surface area (Å²) < 4.78 is 39.2. The first-order valence-corrected chi connectivity index (χ1v) is 4.50. The quantitative estimate of drug-likeness (QED) is 0.804. The van der Waals surface area contributed by atoms with Crippen LogP contribution in [-0.4, -0.2) is 12.9 Å². The van der Waals surface area contributed by atoms with E-state index in [0.717, 1.165) is 0 Å². The van der Waals surface area contributed by atoms with Crippen molar-refractivity contribution in [2.24, 2.45) is 0 Å². The highest BCUT2D eigenvalue weighted by Crippen LogP contribution is 2.23. The molecule has 1 rings (SSSR count). The van der Waals surface area contributed by atoms with Crippen LogP contribution in [-0.2, 0) is 0 Å². The molecule has 0 fully saturated rings. The predicted octanol–water partition coefficient (Wildman–Crippen LogP) is 3.02. The van der Waals surface area contributed by atoms with Gasteiger partial charge in [-0.15, -0.1) is 19.1 Å². The second kappa shape index (κ2) is 5.31. The fraction of sp³-hybridized carbons (Fsp3) is 0.273. The SMILES string of the molecule is CC#CCNc1ccc(OC(F)(F)F)cc1. The molecule has 1 aromatic rings. The maximum Gasteiger partial charge on any atom is 0.573 e. The Bertz CT molecular complexity index is 386. The first-order valence-electron chi connectivity index (χ1n) is 4.50. The zero-order valence-electron chi connectivity index (χ0n) is 8.56. The van der Waals surface area contributed by atoms with Crippen LogP contribution in [0, 0.1) is 11.8 Å². The van der Waals surface area contributed by atoms with Gasteiger partial charge in [-0.2, -0.15) is 0 Å². The third kappa shape index (κ3) is 4.60. The summed E-state index contributed by atoms with van der Waals surface area (Å²) in [6.07, 6.45) is -4.65. The molecular formula is C11H10F3NO. The number of hydrogen-bond acceptors (Lipinski definition) is 2. The van der Waals surface area contributed by atoms with E-state index in [-0.39, 0.29) is 5.75 Å². The van der Waals surface area contributed by atoms with Crippen molar-refractivity contribution >= 4 is 5.69 Å². The van der Waals surface area contributed by atoms with Gasteiger partial charge in [-0.1, -0.05) is 5.92 Å². The minimum Gasteiger partial charge on any atom is -0.406 e. The van der Waals surface area contributed by atoms with Crippen LogP contribution in [0.4, 0.5) is 18.9 Å². The largest absolute Gasteiger partial charge is 0.573 e. The summed E-state index contributed by atoms with van der Waals surface area (Å²) in [5.41, 5.74) is 0.692.